The second-order valence-corrected chi connectivity index (χ2v) is 8.66. The van der Waals surface area contributed by atoms with Gasteiger partial charge in [0.25, 0.3) is 11.1 Å². The fraction of sp³-hybridized carbons (Fsp3) is 0.435. The lowest BCUT2D eigenvalue weighted by Gasteiger charge is -2.27. The third kappa shape index (κ3) is 4.44. The molecule has 2 aromatic heterocycles. The van der Waals surface area contributed by atoms with E-state index >= 15 is 0 Å². The quantitative estimate of drug-likeness (QED) is 0.553. The maximum atomic E-state index is 14.7. The Morgan fingerprint density at radius 3 is 2.47 bits per heavy atom. The summed E-state index contributed by atoms with van der Waals surface area (Å²) in [5, 5.41) is 17.3. The molecule has 34 heavy (non-hydrogen) atoms. The maximum absolute atomic E-state index is 14.7. The average Bonchev–Trinajstić information content (AvgIpc) is 2.77. The number of aliphatic hydroxyl groups is 1. The number of nitrogens with one attached hydrogen (secondary N) is 1. The van der Waals surface area contributed by atoms with Crippen LogP contribution in [0.25, 0.3) is 10.8 Å². The molecule has 0 unspecified atom stereocenters. The Bertz CT molecular complexity index is 1340. The molecule has 0 bridgehead atoms. The van der Waals surface area contributed by atoms with E-state index in [0.29, 0.717) is 37.1 Å². The first-order valence-electron chi connectivity index (χ1n) is 10.9. The molecular weight excluding hydrogens is 456 g/mol. The van der Waals surface area contributed by atoms with Crippen LogP contribution in [-0.2, 0) is 13.2 Å². The second kappa shape index (κ2) is 8.86. The van der Waals surface area contributed by atoms with E-state index in [0.717, 1.165) is 10.7 Å². The monoisotopic (exact) mass is 480 g/mol. The Morgan fingerprint density at radius 2 is 1.82 bits per heavy atom. The smallest absolute Gasteiger partial charge is 0.393 e. The van der Waals surface area contributed by atoms with Gasteiger partial charge in [-0.05, 0) is 38.7 Å². The van der Waals surface area contributed by atoms with Gasteiger partial charge in [-0.25, -0.2) is 9.07 Å². The number of pyridine rings is 1. The Morgan fingerprint density at radius 1 is 1.15 bits per heavy atom. The van der Waals surface area contributed by atoms with Crippen molar-refractivity contribution in [2.45, 2.75) is 57.0 Å². The van der Waals surface area contributed by atoms with E-state index in [2.05, 4.69) is 10.4 Å². The van der Waals surface area contributed by atoms with Gasteiger partial charge in [0.05, 0.1) is 23.1 Å². The average molecular weight is 480 g/mol. The molecule has 1 aliphatic rings. The molecule has 1 aromatic carbocycles. The van der Waals surface area contributed by atoms with E-state index in [-0.39, 0.29) is 28.4 Å². The largest absolute Gasteiger partial charge is 0.419 e. The van der Waals surface area contributed by atoms with Gasteiger partial charge < -0.3 is 15.0 Å². The van der Waals surface area contributed by atoms with Crippen molar-refractivity contribution >= 4 is 16.6 Å². The van der Waals surface area contributed by atoms with Crippen LogP contribution < -0.4 is 16.4 Å². The lowest BCUT2D eigenvalue weighted by molar-refractivity contribution is -0.140. The van der Waals surface area contributed by atoms with Gasteiger partial charge in [0.15, 0.2) is 5.82 Å². The number of rotatable bonds is 4. The highest BCUT2D eigenvalue weighted by Crippen LogP contribution is 2.35. The molecular formula is C23H24F4N4O3. The summed E-state index contributed by atoms with van der Waals surface area (Å²) in [6.07, 6.45) is -1.50. The normalized spacial score (nSPS) is 19.9. The highest BCUT2D eigenvalue weighted by molar-refractivity contribution is 5.90. The maximum Gasteiger partial charge on any atom is 0.419 e. The standard InChI is InChI=1S/C23H24F4N4O3/c1-12(15-4-3-5-18(20(15)24)23(25,26)27)28-21-17-11-31(13-6-8-14(32)9-7-13)19(33)10-16(17)22(34)30(2)29-21/h3-5,10-14,32H,6-9H2,1-2H3,(H,28,29)/t12-,13-,14+/m1/s1. The zero-order valence-electron chi connectivity index (χ0n) is 18.6. The molecule has 11 heteroatoms. The summed E-state index contributed by atoms with van der Waals surface area (Å²) in [7, 11) is 1.39. The van der Waals surface area contributed by atoms with Crippen LogP contribution in [0.1, 0.15) is 55.8 Å². The molecule has 1 saturated carbocycles. The van der Waals surface area contributed by atoms with Crippen LogP contribution in [0.2, 0.25) is 0 Å². The van der Waals surface area contributed by atoms with Gasteiger partial charge in [-0.3, -0.25) is 9.59 Å². The van der Waals surface area contributed by atoms with Crippen molar-refractivity contribution in [1.82, 2.24) is 14.3 Å². The van der Waals surface area contributed by atoms with Crippen molar-refractivity contribution < 1.29 is 22.7 Å². The summed E-state index contributed by atoms with van der Waals surface area (Å²) in [5.74, 6) is -1.26. The molecule has 0 aliphatic heterocycles. The van der Waals surface area contributed by atoms with Crippen molar-refractivity contribution in [1.29, 1.82) is 0 Å². The molecule has 7 nitrogen and oxygen atoms in total. The summed E-state index contributed by atoms with van der Waals surface area (Å²) < 4.78 is 56.6. The summed E-state index contributed by atoms with van der Waals surface area (Å²) in [4.78, 5) is 25.4. The Balaban J connectivity index is 1.78. The predicted molar refractivity (Wildman–Crippen MR) is 118 cm³/mol. The van der Waals surface area contributed by atoms with Crippen LogP contribution in [0.5, 0.6) is 0 Å². The van der Waals surface area contributed by atoms with Crippen LogP contribution in [-0.4, -0.2) is 25.6 Å². The molecule has 4 rings (SSSR count). The van der Waals surface area contributed by atoms with E-state index in [9.17, 15) is 32.3 Å². The molecule has 1 aliphatic carbocycles. The molecule has 3 aromatic rings. The highest BCUT2D eigenvalue weighted by atomic mass is 19.4. The zero-order valence-corrected chi connectivity index (χ0v) is 18.6. The number of aliphatic hydroxyl groups excluding tert-OH is 1. The zero-order chi connectivity index (χ0) is 24.8. The first-order chi connectivity index (χ1) is 16.0. The van der Waals surface area contributed by atoms with Gasteiger partial charge in [-0.15, -0.1) is 0 Å². The fourth-order valence-electron chi connectivity index (χ4n) is 4.45. The molecule has 0 spiro atoms. The van der Waals surface area contributed by atoms with Crippen LogP contribution in [0.15, 0.2) is 40.1 Å². The van der Waals surface area contributed by atoms with Crippen molar-refractivity contribution in [2.75, 3.05) is 5.32 Å². The fourth-order valence-corrected chi connectivity index (χ4v) is 4.45. The third-order valence-electron chi connectivity index (χ3n) is 6.32. The lowest BCUT2D eigenvalue weighted by atomic mass is 9.93. The first-order valence-corrected chi connectivity index (χ1v) is 10.9. The van der Waals surface area contributed by atoms with Gasteiger partial charge in [-0.1, -0.05) is 12.1 Å². The Kier molecular flexibility index (Phi) is 6.24. The number of benzene rings is 1. The molecule has 2 N–H and O–H groups in total. The van der Waals surface area contributed by atoms with Crippen molar-refractivity contribution in [3.8, 4) is 0 Å². The number of hydrogen-bond donors (Lipinski definition) is 2. The number of hydrogen-bond acceptors (Lipinski definition) is 5. The molecule has 182 valence electrons. The Labute approximate surface area is 191 Å². The van der Waals surface area contributed by atoms with E-state index in [1.807, 2.05) is 0 Å². The molecule has 1 atom stereocenters. The number of halogens is 4. The molecule has 2 heterocycles. The third-order valence-corrected chi connectivity index (χ3v) is 6.32. The van der Waals surface area contributed by atoms with Gasteiger partial charge in [0, 0.05) is 36.3 Å². The molecule has 0 radical (unpaired) electrons. The molecule has 1 fully saturated rings. The number of nitrogens with zero attached hydrogens (tertiary/aromatic N) is 3. The van der Waals surface area contributed by atoms with Gasteiger partial charge in [0.2, 0.25) is 0 Å². The van der Waals surface area contributed by atoms with Crippen molar-refractivity contribution in [2.24, 2.45) is 7.05 Å². The van der Waals surface area contributed by atoms with Crippen LogP contribution >= 0.6 is 0 Å². The number of aryl methyl sites for hydroxylation is 1. The summed E-state index contributed by atoms with van der Waals surface area (Å²) in [6, 6.07) is 3.16. The summed E-state index contributed by atoms with van der Waals surface area (Å²) in [5.41, 5.74) is -2.47. The van der Waals surface area contributed by atoms with Gasteiger partial charge in [0.1, 0.15) is 5.82 Å². The summed E-state index contributed by atoms with van der Waals surface area (Å²) in [6.45, 7) is 1.48. The topological polar surface area (TPSA) is 89.2 Å². The van der Waals surface area contributed by atoms with Gasteiger partial charge in [-0.2, -0.15) is 18.3 Å². The Hall–Kier alpha value is -3.21. The van der Waals surface area contributed by atoms with Crippen LogP contribution in [0.4, 0.5) is 23.4 Å². The molecule has 0 saturated heterocycles. The second-order valence-electron chi connectivity index (χ2n) is 8.66. The van der Waals surface area contributed by atoms with Crippen molar-refractivity contribution in [3.05, 3.63) is 68.1 Å². The van der Waals surface area contributed by atoms with Crippen LogP contribution in [0, 0.1) is 5.82 Å². The van der Waals surface area contributed by atoms with E-state index < -0.39 is 35.3 Å². The minimum Gasteiger partial charge on any atom is -0.393 e. The van der Waals surface area contributed by atoms with E-state index in [1.165, 1.54) is 36.9 Å². The number of aromatic nitrogens is 3. The minimum absolute atomic E-state index is 0.0915. The lowest BCUT2D eigenvalue weighted by Crippen LogP contribution is -2.30. The van der Waals surface area contributed by atoms with Crippen LogP contribution in [0.3, 0.4) is 0 Å². The first kappa shape index (κ1) is 23.9. The highest BCUT2D eigenvalue weighted by Gasteiger charge is 2.35. The predicted octanol–water partition coefficient (Wildman–Crippen LogP) is 3.90. The van der Waals surface area contributed by atoms with Gasteiger partial charge >= 0.3 is 6.18 Å². The number of fused-ring (bicyclic) bond motifs is 1. The SMILES string of the molecule is C[C@@H](Nc1nn(C)c(=O)c2cc(=O)n([C@H]3CC[C@@H](O)CC3)cc12)c1cccc(C(F)(F)F)c1F. The summed E-state index contributed by atoms with van der Waals surface area (Å²) >= 11 is 0. The van der Waals surface area contributed by atoms with E-state index in [1.54, 1.807) is 0 Å². The van der Waals surface area contributed by atoms with Crippen molar-refractivity contribution in [3.63, 3.8) is 0 Å². The molecule has 0 amide bonds. The van der Waals surface area contributed by atoms with E-state index in [4.69, 9.17) is 0 Å². The number of anilines is 1. The minimum atomic E-state index is -4.84. The number of alkyl halides is 3.